The lowest BCUT2D eigenvalue weighted by atomic mass is 10.0. The summed E-state index contributed by atoms with van der Waals surface area (Å²) in [5.74, 6) is 0.572. The van der Waals surface area contributed by atoms with Crippen molar-refractivity contribution in [2.45, 2.75) is 23.4 Å². The Morgan fingerprint density at radius 2 is 1.89 bits per heavy atom. The van der Waals surface area contributed by atoms with Gasteiger partial charge in [-0.1, -0.05) is 27.5 Å². The molecule has 0 spiro atoms. The van der Waals surface area contributed by atoms with E-state index in [0.717, 1.165) is 0 Å². The minimum absolute atomic E-state index is 0.444. The van der Waals surface area contributed by atoms with Crippen LogP contribution in [-0.4, -0.2) is 26.5 Å². The molecule has 1 aromatic rings. The number of sulfone groups is 1. The van der Waals surface area contributed by atoms with Crippen LogP contribution in [0.1, 0.15) is 24.2 Å². The first-order valence-corrected chi connectivity index (χ1v) is 9.36. The zero-order valence-corrected chi connectivity index (χ0v) is 15.7. The van der Waals surface area contributed by atoms with Gasteiger partial charge in [-0.05, 0) is 41.9 Å². The Bertz CT molecular complexity index is 585. The largest absolute Gasteiger partial charge is 0.495 e. The Kier molecular flexibility index (Phi) is 5.38. The smallest absolute Gasteiger partial charge is 0.154 e. The Morgan fingerprint density at radius 1 is 1.37 bits per heavy atom. The zero-order chi connectivity index (χ0) is 15.0. The predicted octanol–water partition coefficient (Wildman–Crippen LogP) is 4.37. The third-order valence-electron chi connectivity index (χ3n) is 3.08. The molecule has 0 aliphatic carbocycles. The van der Waals surface area contributed by atoms with E-state index in [2.05, 4.69) is 31.9 Å². The molecule has 19 heavy (non-hydrogen) atoms. The van der Waals surface area contributed by atoms with E-state index in [1.54, 1.807) is 26.0 Å². The number of alkyl halides is 1. The standard InChI is InChI=1S/C12H15Br2ClO3S/c1-12(2,19(4,16)17)11(14)8-5-7(15)6-9(13)10(8)18-3/h5-6,11H,1-4H3. The van der Waals surface area contributed by atoms with Crippen molar-refractivity contribution in [1.29, 1.82) is 0 Å². The molecule has 0 amide bonds. The minimum atomic E-state index is -3.26. The van der Waals surface area contributed by atoms with E-state index in [4.69, 9.17) is 16.3 Å². The monoisotopic (exact) mass is 432 g/mol. The van der Waals surface area contributed by atoms with E-state index >= 15 is 0 Å². The van der Waals surface area contributed by atoms with Gasteiger partial charge < -0.3 is 4.74 Å². The molecule has 0 heterocycles. The van der Waals surface area contributed by atoms with Crippen LogP contribution in [0.5, 0.6) is 5.75 Å². The van der Waals surface area contributed by atoms with Crippen molar-refractivity contribution in [3.63, 3.8) is 0 Å². The van der Waals surface area contributed by atoms with Gasteiger partial charge in [0.05, 0.1) is 21.2 Å². The van der Waals surface area contributed by atoms with Gasteiger partial charge in [-0.15, -0.1) is 0 Å². The maximum Gasteiger partial charge on any atom is 0.154 e. The molecule has 3 nitrogen and oxygen atoms in total. The van der Waals surface area contributed by atoms with Crippen molar-refractivity contribution in [1.82, 2.24) is 0 Å². The number of rotatable bonds is 4. The maximum atomic E-state index is 11.9. The SMILES string of the molecule is COc1c(Br)cc(Cl)cc1C(Br)C(C)(C)S(C)(=O)=O. The van der Waals surface area contributed by atoms with Crippen molar-refractivity contribution in [3.05, 3.63) is 27.2 Å². The summed E-state index contributed by atoms with van der Waals surface area (Å²) >= 11 is 12.9. The highest BCUT2D eigenvalue weighted by Gasteiger charge is 2.40. The number of hydrogen-bond donors (Lipinski definition) is 0. The van der Waals surface area contributed by atoms with Gasteiger partial charge >= 0.3 is 0 Å². The lowest BCUT2D eigenvalue weighted by molar-refractivity contribution is 0.404. The van der Waals surface area contributed by atoms with Gasteiger partial charge in [0, 0.05) is 16.8 Å². The van der Waals surface area contributed by atoms with Crippen LogP contribution in [0, 0.1) is 0 Å². The molecule has 1 unspecified atom stereocenters. The van der Waals surface area contributed by atoms with E-state index in [1.807, 2.05) is 0 Å². The molecule has 0 fully saturated rings. The van der Waals surface area contributed by atoms with Crippen LogP contribution >= 0.6 is 43.5 Å². The highest BCUT2D eigenvalue weighted by atomic mass is 79.9. The van der Waals surface area contributed by atoms with E-state index in [-0.39, 0.29) is 0 Å². The third-order valence-corrected chi connectivity index (χ3v) is 7.98. The van der Waals surface area contributed by atoms with Crippen LogP contribution in [0.15, 0.2) is 16.6 Å². The average molecular weight is 435 g/mol. The average Bonchev–Trinajstić information content (AvgIpc) is 2.25. The summed E-state index contributed by atoms with van der Waals surface area (Å²) < 4.78 is 28.9. The lowest BCUT2D eigenvalue weighted by Gasteiger charge is -2.30. The number of hydrogen-bond acceptors (Lipinski definition) is 3. The van der Waals surface area contributed by atoms with Gasteiger partial charge in [-0.25, -0.2) is 8.42 Å². The fraction of sp³-hybridized carbons (Fsp3) is 0.500. The minimum Gasteiger partial charge on any atom is -0.495 e. The predicted molar refractivity (Wildman–Crippen MR) is 86.3 cm³/mol. The summed E-state index contributed by atoms with van der Waals surface area (Å²) in [5.41, 5.74) is 0.692. The molecule has 1 rings (SSSR count). The Balaban J connectivity index is 3.46. The topological polar surface area (TPSA) is 43.4 Å². The molecule has 0 aliphatic rings. The molecule has 7 heteroatoms. The zero-order valence-electron chi connectivity index (χ0n) is 11.0. The fourth-order valence-corrected chi connectivity index (χ4v) is 4.40. The van der Waals surface area contributed by atoms with Crippen LogP contribution in [0.4, 0.5) is 0 Å². The van der Waals surface area contributed by atoms with Gasteiger partial charge in [0.1, 0.15) is 5.75 Å². The second-order valence-corrected chi connectivity index (χ2v) is 9.55. The van der Waals surface area contributed by atoms with E-state index in [9.17, 15) is 8.42 Å². The first-order chi connectivity index (χ1) is 8.52. The highest BCUT2D eigenvalue weighted by molar-refractivity contribution is 9.10. The molecule has 1 atom stereocenters. The summed E-state index contributed by atoms with van der Waals surface area (Å²) in [6, 6.07) is 3.41. The van der Waals surface area contributed by atoms with E-state index < -0.39 is 19.4 Å². The van der Waals surface area contributed by atoms with Gasteiger partial charge in [-0.2, -0.15) is 0 Å². The van der Waals surface area contributed by atoms with Crippen molar-refractivity contribution in [2.75, 3.05) is 13.4 Å². The molecule has 0 saturated carbocycles. The summed E-state index contributed by atoms with van der Waals surface area (Å²) in [4.78, 5) is -0.444. The van der Waals surface area contributed by atoms with Crippen LogP contribution in [0.2, 0.25) is 5.02 Å². The molecule has 108 valence electrons. The quantitative estimate of drug-likeness (QED) is 0.661. The Morgan fingerprint density at radius 3 is 2.32 bits per heavy atom. The van der Waals surface area contributed by atoms with Crippen molar-refractivity contribution < 1.29 is 13.2 Å². The highest BCUT2D eigenvalue weighted by Crippen LogP contribution is 2.46. The maximum absolute atomic E-state index is 11.9. The van der Waals surface area contributed by atoms with E-state index in [0.29, 0.717) is 20.8 Å². The van der Waals surface area contributed by atoms with E-state index in [1.165, 1.54) is 13.4 Å². The summed E-state index contributed by atoms with van der Waals surface area (Å²) in [7, 11) is -1.73. The molecule has 0 bridgehead atoms. The summed E-state index contributed by atoms with van der Waals surface area (Å²) in [5, 5.41) is 0.511. The second-order valence-electron chi connectivity index (χ2n) is 4.75. The number of ether oxygens (including phenoxy) is 1. The normalized spacial score (nSPS) is 14.3. The van der Waals surface area contributed by atoms with Crippen LogP contribution in [0.25, 0.3) is 0 Å². The van der Waals surface area contributed by atoms with Crippen molar-refractivity contribution in [2.24, 2.45) is 0 Å². The van der Waals surface area contributed by atoms with Crippen LogP contribution in [-0.2, 0) is 9.84 Å². The Labute approximate surface area is 135 Å². The number of benzene rings is 1. The van der Waals surface area contributed by atoms with Crippen LogP contribution < -0.4 is 4.74 Å². The molecule has 1 aromatic carbocycles. The third kappa shape index (κ3) is 3.46. The second kappa shape index (κ2) is 5.92. The summed E-state index contributed by atoms with van der Waals surface area (Å²) in [6.45, 7) is 3.33. The molecule has 0 N–H and O–H groups in total. The van der Waals surface area contributed by atoms with Gasteiger partial charge in [0.15, 0.2) is 9.84 Å². The molecule has 0 aliphatic heterocycles. The van der Waals surface area contributed by atoms with Crippen molar-refractivity contribution >= 4 is 53.3 Å². The van der Waals surface area contributed by atoms with Gasteiger partial charge in [0.25, 0.3) is 0 Å². The lowest BCUT2D eigenvalue weighted by Crippen LogP contribution is -2.35. The fourth-order valence-electron chi connectivity index (χ4n) is 1.55. The van der Waals surface area contributed by atoms with Gasteiger partial charge in [-0.3, -0.25) is 0 Å². The first kappa shape index (κ1) is 17.3. The molecule has 0 aromatic heterocycles. The number of halogens is 3. The number of methoxy groups -OCH3 is 1. The first-order valence-electron chi connectivity index (χ1n) is 5.39. The van der Waals surface area contributed by atoms with Crippen molar-refractivity contribution in [3.8, 4) is 5.75 Å². The molecular weight excluding hydrogens is 419 g/mol. The molecule has 0 saturated heterocycles. The summed E-state index contributed by atoms with van der Waals surface area (Å²) in [6.07, 6.45) is 1.22. The Hall–Kier alpha value is 0.220. The molecular formula is C12H15Br2ClO3S. The van der Waals surface area contributed by atoms with Gasteiger partial charge in [0.2, 0.25) is 0 Å². The van der Waals surface area contributed by atoms with Crippen LogP contribution in [0.3, 0.4) is 0 Å². The molecule has 0 radical (unpaired) electrons.